The molecule has 28 heavy (non-hydrogen) atoms. The number of anilines is 1. The third kappa shape index (κ3) is 4.75. The van der Waals surface area contributed by atoms with Gasteiger partial charge in [-0.2, -0.15) is 0 Å². The van der Waals surface area contributed by atoms with Gasteiger partial charge in [-0.3, -0.25) is 9.69 Å². The number of rotatable bonds is 7. The molecule has 1 amide bonds. The number of methoxy groups -OCH3 is 1. The van der Waals surface area contributed by atoms with Crippen molar-refractivity contribution >= 4 is 11.6 Å². The number of para-hydroxylation sites is 1. The number of carbonyl (C=O) groups is 1. The summed E-state index contributed by atoms with van der Waals surface area (Å²) in [6, 6.07) is 22.6. The first kappa shape index (κ1) is 19.6. The highest BCUT2D eigenvalue weighted by molar-refractivity contribution is 5.95. The lowest BCUT2D eigenvalue weighted by molar-refractivity contribution is -0.121. The van der Waals surface area contributed by atoms with Crippen molar-refractivity contribution in [3.05, 3.63) is 95.8 Å². The maximum absolute atomic E-state index is 13.2. The summed E-state index contributed by atoms with van der Waals surface area (Å²) in [5, 5.41) is 2.88. The van der Waals surface area contributed by atoms with Gasteiger partial charge in [0.2, 0.25) is 5.91 Å². The quantitative estimate of drug-likeness (QED) is 0.651. The summed E-state index contributed by atoms with van der Waals surface area (Å²) in [5.74, 6) is 0.251. The second-order valence-electron chi connectivity index (χ2n) is 6.54. The number of nitrogens with one attached hydrogen (secondary N) is 1. The number of nitrogens with zero attached hydrogens (tertiary/aromatic N) is 1. The molecule has 0 fully saturated rings. The molecule has 5 heteroatoms. The Hall–Kier alpha value is -3.18. The van der Waals surface area contributed by atoms with Crippen LogP contribution in [0.4, 0.5) is 10.1 Å². The number of likely N-dealkylation sites (N-methyl/N-ethyl adjacent to an activating group) is 1. The fourth-order valence-electron chi connectivity index (χ4n) is 3.18. The Bertz CT molecular complexity index is 913. The maximum atomic E-state index is 13.2. The van der Waals surface area contributed by atoms with Gasteiger partial charge in [0, 0.05) is 17.8 Å². The number of carbonyl (C=O) groups excluding carboxylic acids is 1. The van der Waals surface area contributed by atoms with Crippen molar-refractivity contribution in [3.8, 4) is 5.75 Å². The van der Waals surface area contributed by atoms with E-state index in [-0.39, 0.29) is 11.7 Å². The lowest BCUT2D eigenvalue weighted by atomic mass is 10.0. The molecule has 0 heterocycles. The van der Waals surface area contributed by atoms with E-state index in [0.717, 1.165) is 16.9 Å². The van der Waals surface area contributed by atoms with Gasteiger partial charge in [-0.25, -0.2) is 4.39 Å². The summed E-state index contributed by atoms with van der Waals surface area (Å²) in [7, 11) is 3.53. The molecule has 0 aliphatic rings. The fourth-order valence-corrected chi connectivity index (χ4v) is 3.18. The zero-order valence-corrected chi connectivity index (χ0v) is 15.9. The standard InChI is InChI=1S/C23H23FN2O2/c1-26(16-18-10-6-7-11-21(18)28-2)22(17-8-4-3-5-9-17)23(27)25-20-14-12-19(24)13-15-20/h3-15,22H,16H2,1-2H3,(H,25,27). The molecule has 3 aromatic rings. The van der Waals surface area contributed by atoms with Crippen LogP contribution in [0.15, 0.2) is 78.9 Å². The molecule has 0 spiro atoms. The van der Waals surface area contributed by atoms with Crippen molar-refractivity contribution in [1.82, 2.24) is 4.90 Å². The highest BCUT2D eigenvalue weighted by Crippen LogP contribution is 2.26. The average Bonchev–Trinajstić information content (AvgIpc) is 2.71. The molecule has 1 N–H and O–H groups in total. The highest BCUT2D eigenvalue weighted by atomic mass is 19.1. The third-order valence-electron chi connectivity index (χ3n) is 4.53. The number of amides is 1. The maximum Gasteiger partial charge on any atom is 0.246 e. The summed E-state index contributed by atoms with van der Waals surface area (Å²) in [5.41, 5.74) is 2.42. The van der Waals surface area contributed by atoms with E-state index in [4.69, 9.17) is 4.74 Å². The smallest absolute Gasteiger partial charge is 0.246 e. The minimum Gasteiger partial charge on any atom is -0.496 e. The van der Waals surface area contributed by atoms with Crippen LogP contribution in [0.25, 0.3) is 0 Å². The van der Waals surface area contributed by atoms with Crippen molar-refractivity contribution in [3.63, 3.8) is 0 Å². The lowest BCUT2D eigenvalue weighted by Gasteiger charge is -2.28. The number of ether oxygens (including phenoxy) is 1. The topological polar surface area (TPSA) is 41.6 Å². The van der Waals surface area contributed by atoms with E-state index in [2.05, 4.69) is 5.32 Å². The molecule has 0 aliphatic carbocycles. The van der Waals surface area contributed by atoms with E-state index in [9.17, 15) is 9.18 Å². The van der Waals surface area contributed by atoms with E-state index in [1.54, 1.807) is 19.2 Å². The number of hydrogen-bond acceptors (Lipinski definition) is 3. The number of hydrogen-bond donors (Lipinski definition) is 1. The van der Waals surface area contributed by atoms with Crippen LogP contribution in [0.5, 0.6) is 5.75 Å². The summed E-state index contributed by atoms with van der Waals surface area (Å²) in [6.45, 7) is 0.528. The Morgan fingerprint density at radius 3 is 2.32 bits per heavy atom. The first-order valence-electron chi connectivity index (χ1n) is 9.02. The van der Waals surface area contributed by atoms with Gasteiger partial charge in [0.25, 0.3) is 0 Å². The SMILES string of the molecule is COc1ccccc1CN(C)C(C(=O)Nc1ccc(F)cc1)c1ccccc1. The second-order valence-corrected chi connectivity index (χ2v) is 6.54. The molecule has 1 atom stereocenters. The molecule has 0 aliphatic heterocycles. The van der Waals surface area contributed by atoms with Crippen molar-refractivity contribution in [2.24, 2.45) is 0 Å². The molecule has 0 bridgehead atoms. The van der Waals surface area contributed by atoms with Gasteiger partial charge in [0.1, 0.15) is 17.6 Å². The first-order valence-corrected chi connectivity index (χ1v) is 9.02. The average molecular weight is 378 g/mol. The van der Waals surface area contributed by atoms with Crippen LogP contribution < -0.4 is 10.1 Å². The monoisotopic (exact) mass is 378 g/mol. The van der Waals surface area contributed by atoms with E-state index in [0.29, 0.717) is 12.2 Å². The molecule has 3 aromatic carbocycles. The van der Waals surface area contributed by atoms with E-state index in [1.165, 1.54) is 12.1 Å². The number of benzene rings is 3. The molecular weight excluding hydrogens is 355 g/mol. The fraction of sp³-hybridized carbons (Fsp3) is 0.174. The van der Waals surface area contributed by atoms with Crippen molar-refractivity contribution in [2.75, 3.05) is 19.5 Å². The molecule has 1 unspecified atom stereocenters. The van der Waals surface area contributed by atoms with Crippen molar-refractivity contribution < 1.29 is 13.9 Å². The van der Waals surface area contributed by atoms with E-state index < -0.39 is 6.04 Å². The van der Waals surface area contributed by atoms with E-state index in [1.807, 2.05) is 66.5 Å². The largest absolute Gasteiger partial charge is 0.496 e. The molecule has 3 rings (SSSR count). The summed E-state index contributed by atoms with van der Waals surface area (Å²) >= 11 is 0. The molecule has 4 nitrogen and oxygen atoms in total. The summed E-state index contributed by atoms with van der Waals surface area (Å²) < 4.78 is 18.6. The van der Waals surface area contributed by atoms with Crippen LogP contribution in [0.3, 0.4) is 0 Å². The Kier molecular flexibility index (Phi) is 6.40. The normalized spacial score (nSPS) is 11.9. The van der Waals surface area contributed by atoms with Crippen LogP contribution in [-0.2, 0) is 11.3 Å². The Morgan fingerprint density at radius 2 is 1.64 bits per heavy atom. The molecule has 0 saturated carbocycles. The highest BCUT2D eigenvalue weighted by Gasteiger charge is 2.26. The van der Waals surface area contributed by atoms with Gasteiger partial charge in [0.15, 0.2) is 0 Å². The number of halogens is 1. The first-order chi connectivity index (χ1) is 13.6. The van der Waals surface area contributed by atoms with Gasteiger partial charge in [-0.05, 0) is 42.9 Å². The van der Waals surface area contributed by atoms with Gasteiger partial charge in [-0.1, -0.05) is 48.5 Å². The zero-order chi connectivity index (χ0) is 19.9. The van der Waals surface area contributed by atoms with Gasteiger partial charge >= 0.3 is 0 Å². The Balaban J connectivity index is 1.86. The molecule has 0 radical (unpaired) electrons. The minimum atomic E-state index is -0.517. The second kappa shape index (κ2) is 9.15. The summed E-state index contributed by atoms with van der Waals surface area (Å²) in [6.07, 6.45) is 0. The Morgan fingerprint density at radius 1 is 1.00 bits per heavy atom. The minimum absolute atomic E-state index is 0.185. The summed E-state index contributed by atoms with van der Waals surface area (Å²) in [4.78, 5) is 15.1. The van der Waals surface area contributed by atoms with Crippen LogP contribution >= 0.6 is 0 Å². The predicted octanol–water partition coefficient (Wildman–Crippen LogP) is 4.65. The van der Waals surface area contributed by atoms with Crippen LogP contribution in [0.1, 0.15) is 17.2 Å². The van der Waals surface area contributed by atoms with Gasteiger partial charge < -0.3 is 10.1 Å². The lowest BCUT2D eigenvalue weighted by Crippen LogP contribution is -2.34. The van der Waals surface area contributed by atoms with Crippen LogP contribution in [-0.4, -0.2) is 25.0 Å². The predicted molar refractivity (Wildman–Crippen MR) is 109 cm³/mol. The van der Waals surface area contributed by atoms with Crippen molar-refractivity contribution in [2.45, 2.75) is 12.6 Å². The Labute approximate surface area is 164 Å². The third-order valence-corrected chi connectivity index (χ3v) is 4.53. The van der Waals surface area contributed by atoms with Crippen molar-refractivity contribution in [1.29, 1.82) is 0 Å². The zero-order valence-electron chi connectivity index (χ0n) is 15.9. The molecule has 144 valence electrons. The van der Waals surface area contributed by atoms with Crippen LogP contribution in [0.2, 0.25) is 0 Å². The molecule has 0 aromatic heterocycles. The molecular formula is C23H23FN2O2. The van der Waals surface area contributed by atoms with Crippen LogP contribution in [0, 0.1) is 5.82 Å². The molecule has 0 saturated heterocycles. The van der Waals surface area contributed by atoms with Gasteiger partial charge in [-0.15, -0.1) is 0 Å². The van der Waals surface area contributed by atoms with Gasteiger partial charge in [0.05, 0.1) is 7.11 Å². The van der Waals surface area contributed by atoms with E-state index >= 15 is 0 Å².